The Morgan fingerprint density at radius 3 is 2.41 bits per heavy atom. The fraction of sp³-hybridized carbons (Fsp3) is 0.714. The molecule has 2 atom stereocenters. The molecule has 0 radical (unpaired) electrons. The Morgan fingerprint density at radius 2 is 1.76 bits per heavy atom. The van der Waals surface area contributed by atoms with E-state index in [1.165, 1.54) is 89.0 Å². The van der Waals surface area contributed by atoms with Crippen LogP contribution in [0.5, 0.6) is 0 Å². The van der Waals surface area contributed by atoms with Crippen LogP contribution in [0, 0.1) is 23.6 Å². The highest BCUT2D eigenvalue weighted by molar-refractivity contribution is 5.28. The molecule has 0 heterocycles. The molecule has 0 N–H and O–H groups in total. The van der Waals surface area contributed by atoms with E-state index in [0.717, 1.165) is 29.7 Å². The van der Waals surface area contributed by atoms with Gasteiger partial charge in [0, 0.05) is 0 Å². The first kappa shape index (κ1) is 22.6. The molecule has 0 amide bonds. The molecule has 2 aliphatic carbocycles. The van der Waals surface area contributed by atoms with Gasteiger partial charge >= 0.3 is 0 Å². The van der Waals surface area contributed by atoms with E-state index < -0.39 is 0 Å². The normalized spacial score (nSPS) is 25.8. The molecule has 2 unspecified atom stereocenters. The molecule has 0 spiro atoms. The minimum atomic E-state index is 0.0168. The molecule has 0 nitrogen and oxygen atoms in total. The fourth-order valence-electron chi connectivity index (χ4n) is 5.85. The number of halogens is 1. The molecule has 2 aliphatic rings. The monoisotopic (exact) mass is 398 g/mol. The number of aryl methyl sites for hydroxylation is 1. The highest BCUT2D eigenvalue weighted by Gasteiger charge is 2.30. The van der Waals surface area contributed by atoms with Gasteiger partial charge in [-0.05, 0) is 85.8 Å². The minimum Gasteiger partial charge on any atom is -0.207 e. The van der Waals surface area contributed by atoms with Crippen LogP contribution in [-0.2, 0) is 6.42 Å². The van der Waals surface area contributed by atoms with E-state index in [9.17, 15) is 4.39 Å². The summed E-state index contributed by atoms with van der Waals surface area (Å²) >= 11 is 0. The number of hydrogen-bond acceptors (Lipinski definition) is 0. The zero-order chi connectivity index (χ0) is 20.5. The Balaban J connectivity index is 1.64. The van der Waals surface area contributed by atoms with Gasteiger partial charge in [-0.25, -0.2) is 4.39 Å². The summed E-state index contributed by atoms with van der Waals surface area (Å²) in [7, 11) is 0. The summed E-state index contributed by atoms with van der Waals surface area (Å²) in [5, 5.41) is 0. The van der Waals surface area contributed by atoms with E-state index in [-0.39, 0.29) is 5.82 Å². The van der Waals surface area contributed by atoms with E-state index in [1.54, 1.807) is 0 Å². The molecule has 1 fully saturated rings. The minimum absolute atomic E-state index is 0.0168. The maximum atomic E-state index is 14.6. The first-order valence-electron chi connectivity index (χ1n) is 12.6. The van der Waals surface area contributed by atoms with Gasteiger partial charge in [0.2, 0.25) is 0 Å². The van der Waals surface area contributed by atoms with Gasteiger partial charge in [0.15, 0.2) is 0 Å². The van der Waals surface area contributed by atoms with Crippen molar-refractivity contribution in [2.75, 3.05) is 0 Å². The summed E-state index contributed by atoms with van der Waals surface area (Å²) in [6, 6.07) is 6.19. The second-order valence-electron chi connectivity index (χ2n) is 9.83. The largest absolute Gasteiger partial charge is 0.207 e. The molecular formula is C28H43F. The van der Waals surface area contributed by atoms with Gasteiger partial charge in [-0.2, -0.15) is 0 Å². The molecule has 0 aromatic heterocycles. The molecule has 0 saturated heterocycles. The molecule has 1 aromatic carbocycles. The molecule has 0 bridgehead atoms. The van der Waals surface area contributed by atoms with Gasteiger partial charge in [-0.15, -0.1) is 0 Å². The fourth-order valence-corrected chi connectivity index (χ4v) is 5.85. The van der Waals surface area contributed by atoms with Gasteiger partial charge in [-0.1, -0.05) is 83.1 Å². The van der Waals surface area contributed by atoms with Crippen molar-refractivity contribution in [3.8, 4) is 0 Å². The van der Waals surface area contributed by atoms with Crippen LogP contribution in [0.3, 0.4) is 0 Å². The van der Waals surface area contributed by atoms with Crippen LogP contribution < -0.4 is 0 Å². The van der Waals surface area contributed by atoms with Crippen LogP contribution in [0.4, 0.5) is 4.39 Å². The SMILES string of the molecule is CCCCCCC1CCC(C(CC2CC=CCC2)c2ccc(CC)c(F)c2)CC1. The zero-order valence-electron chi connectivity index (χ0n) is 19.0. The first-order chi connectivity index (χ1) is 14.2. The molecule has 0 aliphatic heterocycles. The van der Waals surface area contributed by atoms with Crippen LogP contribution in [0.25, 0.3) is 0 Å². The van der Waals surface area contributed by atoms with Gasteiger partial charge in [0.25, 0.3) is 0 Å². The molecule has 29 heavy (non-hydrogen) atoms. The molecule has 1 heteroatoms. The third kappa shape index (κ3) is 6.69. The lowest BCUT2D eigenvalue weighted by atomic mass is 9.69. The third-order valence-electron chi connectivity index (χ3n) is 7.78. The van der Waals surface area contributed by atoms with Crippen molar-refractivity contribution in [1.82, 2.24) is 0 Å². The van der Waals surface area contributed by atoms with E-state index >= 15 is 0 Å². The molecule has 3 rings (SSSR count). The number of allylic oxidation sites excluding steroid dienone is 2. The van der Waals surface area contributed by atoms with Gasteiger partial charge in [0.05, 0.1) is 0 Å². The predicted molar refractivity (Wildman–Crippen MR) is 124 cm³/mol. The van der Waals surface area contributed by atoms with Crippen LogP contribution in [-0.4, -0.2) is 0 Å². The number of benzene rings is 1. The molecule has 1 aromatic rings. The van der Waals surface area contributed by atoms with Crippen molar-refractivity contribution in [2.24, 2.45) is 17.8 Å². The summed E-state index contributed by atoms with van der Waals surface area (Å²) in [5.41, 5.74) is 2.14. The second kappa shape index (κ2) is 11.9. The average Bonchev–Trinajstić information content (AvgIpc) is 2.76. The average molecular weight is 399 g/mol. The Kier molecular flexibility index (Phi) is 9.28. The first-order valence-corrected chi connectivity index (χ1v) is 12.6. The second-order valence-corrected chi connectivity index (χ2v) is 9.83. The lowest BCUT2D eigenvalue weighted by molar-refractivity contribution is 0.209. The molecule has 1 saturated carbocycles. The van der Waals surface area contributed by atoms with Gasteiger partial charge in [0.1, 0.15) is 5.82 Å². The zero-order valence-corrected chi connectivity index (χ0v) is 19.0. The van der Waals surface area contributed by atoms with Crippen LogP contribution in [0.2, 0.25) is 0 Å². The van der Waals surface area contributed by atoms with E-state index in [2.05, 4.69) is 31.2 Å². The quantitative estimate of drug-likeness (QED) is 0.272. The topological polar surface area (TPSA) is 0 Å². The van der Waals surface area contributed by atoms with E-state index in [4.69, 9.17) is 0 Å². The van der Waals surface area contributed by atoms with Crippen molar-refractivity contribution >= 4 is 0 Å². The standard InChI is InChI=1S/C28H43F/c1-3-5-6-8-11-22-14-16-25(17-15-22)27(20-23-12-9-7-10-13-23)26-19-18-24(4-2)28(29)21-26/h7,9,18-19,21-23,25,27H,3-6,8,10-17,20H2,1-2H3. The summed E-state index contributed by atoms with van der Waals surface area (Å²) in [4.78, 5) is 0. The van der Waals surface area contributed by atoms with Crippen molar-refractivity contribution in [2.45, 2.75) is 110 Å². The van der Waals surface area contributed by atoms with Crippen molar-refractivity contribution in [3.05, 3.63) is 47.3 Å². The Morgan fingerprint density at radius 1 is 0.931 bits per heavy atom. The highest BCUT2D eigenvalue weighted by Crippen LogP contribution is 2.44. The predicted octanol–water partition coefficient (Wildman–Crippen LogP) is 8.99. The molecular weight excluding hydrogens is 355 g/mol. The van der Waals surface area contributed by atoms with Crippen LogP contribution in [0.15, 0.2) is 30.4 Å². The van der Waals surface area contributed by atoms with Crippen LogP contribution in [0.1, 0.15) is 114 Å². The Bertz CT molecular complexity index is 623. The summed E-state index contributed by atoms with van der Waals surface area (Å²) < 4.78 is 14.6. The van der Waals surface area contributed by atoms with Crippen LogP contribution >= 0.6 is 0 Å². The lowest BCUT2D eigenvalue weighted by Gasteiger charge is -2.36. The number of rotatable bonds is 10. The van der Waals surface area contributed by atoms with Gasteiger partial charge < -0.3 is 0 Å². The van der Waals surface area contributed by atoms with Crippen molar-refractivity contribution < 1.29 is 4.39 Å². The van der Waals surface area contributed by atoms with Gasteiger partial charge in [-0.3, -0.25) is 0 Å². The Labute approximate surface area is 179 Å². The number of hydrogen-bond donors (Lipinski definition) is 0. The maximum Gasteiger partial charge on any atom is 0.126 e. The van der Waals surface area contributed by atoms with Crippen molar-refractivity contribution in [1.29, 1.82) is 0 Å². The lowest BCUT2D eigenvalue weighted by Crippen LogP contribution is -2.23. The summed E-state index contributed by atoms with van der Waals surface area (Å²) in [6.07, 6.45) is 23.0. The Hall–Kier alpha value is -1.11. The summed E-state index contributed by atoms with van der Waals surface area (Å²) in [6.45, 7) is 4.34. The highest BCUT2D eigenvalue weighted by atomic mass is 19.1. The third-order valence-corrected chi connectivity index (χ3v) is 7.78. The van der Waals surface area contributed by atoms with E-state index in [0.29, 0.717) is 5.92 Å². The maximum absolute atomic E-state index is 14.6. The summed E-state index contributed by atoms with van der Waals surface area (Å²) in [5.74, 6) is 3.04. The molecule has 162 valence electrons. The number of unbranched alkanes of at least 4 members (excludes halogenated alkanes) is 3. The smallest absolute Gasteiger partial charge is 0.126 e. The van der Waals surface area contributed by atoms with Crippen molar-refractivity contribution in [3.63, 3.8) is 0 Å². The van der Waals surface area contributed by atoms with E-state index in [1.807, 2.05) is 13.0 Å².